The molecule has 1 aromatic carbocycles. The molecule has 0 atom stereocenters. The summed E-state index contributed by atoms with van der Waals surface area (Å²) in [6, 6.07) is 3.64. The molecule has 0 aliphatic carbocycles. The van der Waals surface area contributed by atoms with Crippen LogP contribution in [0, 0.1) is 0 Å². The van der Waals surface area contributed by atoms with Gasteiger partial charge in [0.25, 0.3) is 5.91 Å². The number of alkyl halides is 2. The Bertz CT molecular complexity index is 357. The van der Waals surface area contributed by atoms with Crippen LogP contribution in [0.4, 0.5) is 14.5 Å². The fourth-order valence-electron chi connectivity index (χ4n) is 0.781. The molecule has 0 heterocycles. The van der Waals surface area contributed by atoms with Gasteiger partial charge in [0.05, 0.1) is 5.02 Å². The molecule has 0 radical (unpaired) electrons. The van der Waals surface area contributed by atoms with E-state index in [1.807, 2.05) is 5.32 Å². The molecule has 0 spiro atoms. The summed E-state index contributed by atoms with van der Waals surface area (Å²) < 4.78 is 23.6. The molecule has 0 aliphatic rings. The number of hydrogen-bond acceptors (Lipinski definition) is 2. The van der Waals surface area contributed by atoms with Gasteiger partial charge in [-0.2, -0.15) is 8.78 Å². The second-order valence-corrected chi connectivity index (χ2v) is 2.86. The zero-order valence-corrected chi connectivity index (χ0v) is 7.55. The minimum atomic E-state index is -3.08. The lowest BCUT2D eigenvalue weighted by molar-refractivity contribution is -0.126. The molecule has 0 saturated carbocycles. The number of carbonyl (C=O) groups excluding carboxylic acids is 1. The summed E-state index contributed by atoms with van der Waals surface area (Å²) in [5.41, 5.74) is 0.109. The van der Waals surface area contributed by atoms with Gasteiger partial charge in [0.2, 0.25) is 0 Å². The highest BCUT2D eigenvalue weighted by atomic mass is 35.5. The number of aromatic hydroxyl groups is 1. The normalized spacial score (nSPS) is 10.3. The van der Waals surface area contributed by atoms with Crippen LogP contribution in [0.1, 0.15) is 0 Å². The molecule has 0 unspecified atom stereocenters. The number of amides is 1. The number of benzene rings is 1. The smallest absolute Gasteiger partial charge is 0.315 e. The maximum atomic E-state index is 11.8. The molecule has 0 bridgehead atoms. The van der Waals surface area contributed by atoms with Gasteiger partial charge in [-0.25, -0.2) is 0 Å². The van der Waals surface area contributed by atoms with Crippen LogP contribution in [-0.4, -0.2) is 17.4 Å². The van der Waals surface area contributed by atoms with E-state index in [-0.39, 0.29) is 16.5 Å². The number of halogens is 3. The number of hydrogen-bond donors (Lipinski definition) is 2. The van der Waals surface area contributed by atoms with E-state index in [0.29, 0.717) is 0 Å². The first-order valence-electron chi connectivity index (χ1n) is 3.58. The van der Waals surface area contributed by atoms with Gasteiger partial charge in [0.1, 0.15) is 5.75 Å². The Hall–Kier alpha value is -1.36. The largest absolute Gasteiger partial charge is 0.506 e. The van der Waals surface area contributed by atoms with Crippen molar-refractivity contribution in [1.82, 2.24) is 0 Å². The van der Waals surface area contributed by atoms with Crippen molar-refractivity contribution >= 4 is 23.2 Å². The van der Waals surface area contributed by atoms with Crippen LogP contribution in [0.2, 0.25) is 5.02 Å². The van der Waals surface area contributed by atoms with Gasteiger partial charge in [-0.15, -0.1) is 0 Å². The number of anilines is 1. The lowest BCUT2D eigenvalue weighted by atomic mass is 10.3. The first-order chi connectivity index (χ1) is 6.50. The highest BCUT2D eigenvalue weighted by molar-refractivity contribution is 6.32. The summed E-state index contributed by atoms with van der Waals surface area (Å²) in [4.78, 5) is 10.5. The van der Waals surface area contributed by atoms with Crippen LogP contribution < -0.4 is 5.32 Å². The van der Waals surface area contributed by atoms with Crippen LogP contribution in [0.25, 0.3) is 0 Å². The number of carbonyl (C=O) groups is 1. The molecule has 6 heteroatoms. The third-order valence-corrected chi connectivity index (χ3v) is 1.72. The SMILES string of the molecule is O=C(Nc1ccc(O)c(Cl)c1)C(F)F. The molecule has 0 aliphatic heterocycles. The Kier molecular flexibility index (Phi) is 3.24. The summed E-state index contributed by atoms with van der Waals surface area (Å²) in [6.07, 6.45) is -3.08. The van der Waals surface area contributed by atoms with E-state index < -0.39 is 12.3 Å². The molecular formula is C8H6ClF2NO2. The number of phenolic OH excluding ortho intramolecular Hbond substituents is 1. The highest BCUT2D eigenvalue weighted by Crippen LogP contribution is 2.26. The minimum absolute atomic E-state index is 0.0166. The summed E-state index contributed by atoms with van der Waals surface area (Å²) in [5, 5.41) is 10.9. The van der Waals surface area contributed by atoms with Crippen molar-refractivity contribution in [1.29, 1.82) is 0 Å². The van der Waals surface area contributed by atoms with Crippen molar-refractivity contribution in [2.24, 2.45) is 0 Å². The van der Waals surface area contributed by atoms with Crippen molar-refractivity contribution in [2.45, 2.75) is 6.43 Å². The second-order valence-electron chi connectivity index (χ2n) is 2.46. The molecule has 1 rings (SSSR count). The monoisotopic (exact) mass is 221 g/mol. The van der Waals surface area contributed by atoms with E-state index in [1.165, 1.54) is 18.2 Å². The molecule has 14 heavy (non-hydrogen) atoms. The van der Waals surface area contributed by atoms with E-state index in [4.69, 9.17) is 16.7 Å². The van der Waals surface area contributed by atoms with Gasteiger partial charge in [-0.3, -0.25) is 4.79 Å². The van der Waals surface area contributed by atoms with Gasteiger partial charge in [0, 0.05) is 5.69 Å². The Balaban J connectivity index is 2.78. The van der Waals surface area contributed by atoms with Gasteiger partial charge in [-0.1, -0.05) is 11.6 Å². The zero-order valence-electron chi connectivity index (χ0n) is 6.80. The summed E-state index contributed by atoms with van der Waals surface area (Å²) in [7, 11) is 0. The van der Waals surface area contributed by atoms with Crippen molar-refractivity contribution in [3.05, 3.63) is 23.2 Å². The molecule has 76 valence electrons. The average Bonchev–Trinajstić information content (AvgIpc) is 2.11. The lowest BCUT2D eigenvalue weighted by Gasteiger charge is -2.04. The highest BCUT2D eigenvalue weighted by Gasteiger charge is 2.15. The van der Waals surface area contributed by atoms with Gasteiger partial charge in [-0.05, 0) is 18.2 Å². The van der Waals surface area contributed by atoms with Crippen molar-refractivity contribution in [3.63, 3.8) is 0 Å². The first kappa shape index (κ1) is 10.7. The van der Waals surface area contributed by atoms with E-state index in [2.05, 4.69) is 0 Å². The van der Waals surface area contributed by atoms with Crippen molar-refractivity contribution in [2.75, 3.05) is 5.32 Å². The number of nitrogens with one attached hydrogen (secondary N) is 1. The maximum absolute atomic E-state index is 11.8. The van der Waals surface area contributed by atoms with Gasteiger partial charge in [0.15, 0.2) is 0 Å². The molecule has 1 aromatic rings. The predicted octanol–water partition coefficient (Wildman–Crippen LogP) is 2.25. The number of rotatable bonds is 2. The zero-order chi connectivity index (χ0) is 10.7. The number of phenols is 1. The molecular weight excluding hydrogens is 216 g/mol. The molecule has 2 N–H and O–H groups in total. The minimum Gasteiger partial charge on any atom is -0.506 e. The summed E-state index contributed by atoms with van der Waals surface area (Å²) >= 11 is 5.49. The van der Waals surface area contributed by atoms with E-state index in [1.54, 1.807) is 0 Å². The van der Waals surface area contributed by atoms with E-state index in [0.717, 1.165) is 0 Å². The quantitative estimate of drug-likeness (QED) is 0.753. The Morgan fingerprint density at radius 1 is 1.50 bits per heavy atom. The molecule has 1 amide bonds. The van der Waals surface area contributed by atoms with Gasteiger partial charge < -0.3 is 10.4 Å². The maximum Gasteiger partial charge on any atom is 0.315 e. The van der Waals surface area contributed by atoms with E-state index >= 15 is 0 Å². The fraction of sp³-hybridized carbons (Fsp3) is 0.125. The predicted molar refractivity (Wildman–Crippen MR) is 47.8 cm³/mol. The second kappa shape index (κ2) is 4.23. The molecule has 0 fully saturated rings. The third kappa shape index (κ3) is 2.56. The van der Waals surface area contributed by atoms with Crippen LogP contribution >= 0.6 is 11.6 Å². The van der Waals surface area contributed by atoms with Crippen LogP contribution in [-0.2, 0) is 4.79 Å². The van der Waals surface area contributed by atoms with Gasteiger partial charge >= 0.3 is 6.43 Å². The Morgan fingerprint density at radius 2 is 2.14 bits per heavy atom. The van der Waals surface area contributed by atoms with Crippen LogP contribution in [0.5, 0.6) is 5.75 Å². The van der Waals surface area contributed by atoms with Crippen LogP contribution in [0.15, 0.2) is 18.2 Å². The summed E-state index contributed by atoms with van der Waals surface area (Å²) in [6.45, 7) is 0. The topological polar surface area (TPSA) is 49.3 Å². The van der Waals surface area contributed by atoms with E-state index in [9.17, 15) is 13.6 Å². The lowest BCUT2D eigenvalue weighted by Crippen LogP contribution is -2.19. The Morgan fingerprint density at radius 3 is 2.64 bits per heavy atom. The molecule has 0 saturated heterocycles. The first-order valence-corrected chi connectivity index (χ1v) is 3.96. The van der Waals surface area contributed by atoms with Crippen molar-refractivity contribution in [3.8, 4) is 5.75 Å². The fourth-order valence-corrected chi connectivity index (χ4v) is 0.962. The standard InChI is InChI=1S/C8H6ClF2NO2/c9-5-3-4(1-2-6(5)13)12-8(14)7(10)11/h1-3,7,13H,(H,12,14). The van der Waals surface area contributed by atoms with Crippen LogP contribution in [0.3, 0.4) is 0 Å². The summed E-state index contributed by atoms with van der Waals surface area (Å²) in [5.74, 6) is -1.59. The van der Waals surface area contributed by atoms with Crippen molar-refractivity contribution < 1.29 is 18.7 Å². The third-order valence-electron chi connectivity index (χ3n) is 1.41. The Labute approximate surface area is 83.3 Å². The molecule has 3 nitrogen and oxygen atoms in total. The molecule has 0 aromatic heterocycles. The average molecular weight is 222 g/mol.